The Morgan fingerprint density at radius 2 is 2.07 bits per heavy atom. The van der Waals surface area contributed by atoms with Gasteiger partial charge in [-0.05, 0) is 56.1 Å². The summed E-state index contributed by atoms with van der Waals surface area (Å²) in [5, 5.41) is 26.0. The number of rotatable bonds is 3. The molecule has 5 rings (SSSR count). The number of Topliss-reactive ketones (excluding diaryl/α,β-unsaturated/α-hetero) is 1. The molecule has 1 saturated heterocycles. The summed E-state index contributed by atoms with van der Waals surface area (Å²) in [5.74, 6) is 0.512. The van der Waals surface area contributed by atoms with Gasteiger partial charge in [-0.15, -0.1) is 0 Å². The third-order valence-corrected chi connectivity index (χ3v) is 9.03. The Morgan fingerprint density at radius 1 is 1.32 bits per heavy atom. The molecule has 0 radical (unpaired) electrons. The highest BCUT2D eigenvalue weighted by Crippen LogP contribution is 2.67. The summed E-state index contributed by atoms with van der Waals surface area (Å²) >= 11 is 0. The average Bonchev–Trinajstić information content (AvgIpc) is 3.40. The molecule has 0 amide bonds. The van der Waals surface area contributed by atoms with Crippen molar-refractivity contribution in [3.05, 3.63) is 23.8 Å². The van der Waals surface area contributed by atoms with Gasteiger partial charge in [0.1, 0.15) is 5.60 Å². The Balaban J connectivity index is 1.49. The number of carbonyl (C=O) groups excluding carboxylic acids is 2. The van der Waals surface area contributed by atoms with Gasteiger partial charge in [-0.3, -0.25) is 9.59 Å². The van der Waals surface area contributed by atoms with Gasteiger partial charge < -0.3 is 15.5 Å². The zero-order chi connectivity index (χ0) is 19.9. The molecule has 4 fully saturated rings. The van der Waals surface area contributed by atoms with E-state index in [0.29, 0.717) is 19.3 Å². The summed E-state index contributed by atoms with van der Waals surface area (Å²) in [7, 11) is 0. The molecule has 5 aliphatic rings. The number of nitrogens with one attached hydrogen (secondary N) is 1. The van der Waals surface area contributed by atoms with Crippen molar-refractivity contribution < 1.29 is 19.8 Å². The third kappa shape index (κ3) is 2.36. The molecule has 3 N–H and O–H groups in total. The van der Waals surface area contributed by atoms with Crippen molar-refractivity contribution in [2.45, 2.75) is 70.1 Å². The summed E-state index contributed by atoms with van der Waals surface area (Å²) in [6, 6.07) is 0.214. The van der Waals surface area contributed by atoms with Crippen LogP contribution in [0.15, 0.2) is 23.8 Å². The molecule has 5 heteroatoms. The molecular weight excluding hydrogens is 354 g/mol. The number of ketones is 2. The van der Waals surface area contributed by atoms with Crippen molar-refractivity contribution in [2.75, 3.05) is 6.54 Å². The average molecular weight is 386 g/mol. The van der Waals surface area contributed by atoms with Crippen LogP contribution in [-0.4, -0.2) is 46.1 Å². The molecule has 1 aliphatic heterocycles. The number of aliphatic hydroxyl groups is 2. The normalized spacial score (nSPS) is 51.8. The molecule has 152 valence electrons. The van der Waals surface area contributed by atoms with Gasteiger partial charge in [0.2, 0.25) is 0 Å². The lowest BCUT2D eigenvalue weighted by Gasteiger charge is -2.59. The van der Waals surface area contributed by atoms with Crippen LogP contribution < -0.4 is 5.32 Å². The highest BCUT2D eigenvalue weighted by molar-refractivity contribution is 6.01. The van der Waals surface area contributed by atoms with Crippen LogP contribution >= 0.6 is 0 Å². The second-order valence-electron chi connectivity index (χ2n) is 10.3. The number of fused-ring (bicyclic) bond motifs is 5. The number of aliphatic hydroxyl groups excluding tert-OH is 1. The number of hydrogen-bond acceptors (Lipinski definition) is 5. The fourth-order valence-corrected chi connectivity index (χ4v) is 7.41. The van der Waals surface area contributed by atoms with E-state index in [0.717, 1.165) is 31.4 Å². The second-order valence-corrected chi connectivity index (χ2v) is 10.3. The first kappa shape index (κ1) is 18.7. The van der Waals surface area contributed by atoms with E-state index in [1.54, 1.807) is 12.2 Å². The summed E-state index contributed by atoms with van der Waals surface area (Å²) in [4.78, 5) is 24.9. The maximum atomic E-state index is 13.0. The van der Waals surface area contributed by atoms with Crippen LogP contribution in [0.4, 0.5) is 0 Å². The van der Waals surface area contributed by atoms with Crippen molar-refractivity contribution in [1.82, 2.24) is 5.32 Å². The van der Waals surface area contributed by atoms with E-state index in [2.05, 4.69) is 12.2 Å². The molecule has 0 spiro atoms. The highest BCUT2D eigenvalue weighted by Gasteiger charge is 2.68. The topological polar surface area (TPSA) is 96.5 Å². The Kier molecular flexibility index (Phi) is 3.92. The molecule has 0 aromatic heterocycles. The monoisotopic (exact) mass is 385 g/mol. The molecule has 8 unspecified atom stereocenters. The van der Waals surface area contributed by atoms with Crippen molar-refractivity contribution in [3.8, 4) is 0 Å². The van der Waals surface area contributed by atoms with E-state index in [9.17, 15) is 19.8 Å². The minimum absolute atomic E-state index is 0.0376. The Labute approximate surface area is 166 Å². The van der Waals surface area contributed by atoms with E-state index in [1.807, 2.05) is 13.0 Å². The van der Waals surface area contributed by atoms with Crippen LogP contribution in [-0.2, 0) is 9.59 Å². The summed E-state index contributed by atoms with van der Waals surface area (Å²) in [6.45, 7) is 5.04. The van der Waals surface area contributed by atoms with Crippen LogP contribution in [0.5, 0.6) is 0 Å². The fraction of sp³-hybridized carbons (Fsp3) is 0.739. The maximum absolute atomic E-state index is 13.0. The number of hydrogen-bond donors (Lipinski definition) is 3. The second kappa shape index (κ2) is 5.87. The van der Waals surface area contributed by atoms with Gasteiger partial charge in [0.05, 0.1) is 6.10 Å². The lowest BCUT2D eigenvalue weighted by Crippen LogP contribution is -2.61. The Hall–Kier alpha value is -1.30. The molecule has 3 saturated carbocycles. The predicted molar refractivity (Wildman–Crippen MR) is 104 cm³/mol. The van der Waals surface area contributed by atoms with E-state index < -0.39 is 17.1 Å². The summed E-state index contributed by atoms with van der Waals surface area (Å²) < 4.78 is 0. The van der Waals surface area contributed by atoms with Gasteiger partial charge in [0.15, 0.2) is 11.6 Å². The molecule has 0 aromatic rings. The van der Waals surface area contributed by atoms with Gasteiger partial charge in [-0.2, -0.15) is 0 Å². The van der Waals surface area contributed by atoms with Crippen molar-refractivity contribution in [2.24, 2.45) is 28.6 Å². The molecule has 0 bridgehead atoms. The molecular formula is C23H31NO4. The molecule has 28 heavy (non-hydrogen) atoms. The van der Waals surface area contributed by atoms with E-state index in [1.165, 1.54) is 0 Å². The highest BCUT2D eigenvalue weighted by atomic mass is 16.3. The molecule has 4 aliphatic carbocycles. The minimum atomic E-state index is -1.33. The van der Waals surface area contributed by atoms with E-state index in [-0.39, 0.29) is 40.8 Å². The molecule has 0 aromatic carbocycles. The zero-order valence-electron chi connectivity index (χ0n) is 16.8. The zero-order valence-corrected chi connectivity index (χ0v) is 16.8. The summed E-state index contributed by atoms with van der Waals surface area (Å²) in [6.07, 6.45) is 8.75. The van der Waals surface area contributed by atoms with Gasteiger partial charge in [0, 0.05) is 35.8 Å². The fourth-order valence-electron chi connectivity index (χ4n) is 7.41. The summed E-state index contributed by atoms with van der Waals surface area (Å²) in [5.41, 5.74) is -1.08. The largest absolute Gasteiger partial charge is 0.393 e. The number of allylic oxidation sites excluding steroid dienone is 4. The van der Waals surface area contributed by atoms with Crippen LogP contribution in [0.3, 0.4) is 0 Å². The van der Waals surface area contributed by atoms with E-state index >= 15 is 0 Å². The molecule has 5 nitrogen and oxygen atoms in total. The van der Waals surface area contributed by atoms with Crippen LogP contribution in [0.1, 0.15) is 52.4 Å². The lowest BCUT2D eigenvalue weighted by molar-refractivity contribution is -0.176. The van der Waals surface area contributed by atoms with Crippen LogP contribution in [0.2, 0.25) is 0 Å². The smallest absolute Gasteiger partial charge is 0.178 e. The number of carbonyl (C=O) groups is 2. The minimum Gasteiger partial charge on any atom is -0.393 e. The SMILES string of the molecule is CC12C=CC(=O)C=C1CCC1C2C(O)CC2(C)C1CCC2(O)C(=O)CC1CN1. The van der Waals surface area contributed by atoms with Gasteiger partial charge in [-0.25, -0.2) is 0 Å². The predicted octanol–water partition coefficient (Wildman–Crippen LogP) is 1.93. The van der Waals surface area contributed by atoms with Gasteiger partial charge in [-0.1, -0.05) is 25.5 Å². The van der Waals surface area contributed by atoms with Gasteiger partial charge >= 0.3 is 0 Å². The van der Waals surface area contributed by atoms with Crippen molar-refractivity contribution in [1.29, 1.82) is 0 Å². The Morgan fingerprint density at radius 3 is 2.79 bits per heavy atom. The molecule has 8 atom stereocenters. The first-order valence-electron chi connectivity index (χ1n) is 10.8. The first-order chi connectivity index (χ1) is 13.2. The third-order valence-electron chi connectivity index (χ3n) is 9.03. The quantitative estimate of drug-likeness (QED) is 0.645. The van der Waals surface area contributed by atoms with Crippen LogP contribution in [0, 0.1) is 28.6 Å². The van der Waals surface area contributed by atoms with Crippen molar-refractivity contribution in [3.63, 3.8) is 0 Å². The van der Waals surface area contributed by atoms with Crippen molar-refractivity contribution >= 4 is 11.6 Å². The Bertz CT molecular complexity index is 798. The van der Waals surface area contributed by atoms with Crippen LogP contribution in [0.25, 0.3) is 0 Å². The van der Waals surface area contributed by atoms with Gasteiger partial charge in [0.25, 0.3) is 0 Å². The first-order valence-corrected chi connectivity index (χ1v) is 10.8. The lowest BCUT2D eigenvalue weighted by atomic mass is 9.46. The maximum Gasteiger partial charge on any atom is 0.178 e. The molecule has 1 heterocycles. The van der Waals surface area contributed by atoms with E-state index in [4.69, 9.17) is 0 Å². The standard InChI is InChI=1S/C23H31NO4/c1-21-7-5-15(25)9-13(21)3-4-16-17-6-8-23(28,19(27)10-14-12-24-14)22(17,2)11-18(26)20(16)21/h5,7,9,14,16-18,20,24,26,28H,3-4,6,8,10-12H2,1-2H3.